The number of benzene rings is 2. The largest absolute Gasteiger partial charge is 0.452 e. The number of nitrogens with zero attached hydrogens (tertiary/aromatic N) is 1. The third-order valence-corrected chi connectivity index (χ3v) is 6.68. The number of amides is 2. The summed E-state index contributed by atoms with van der Waals surface area (Å²) in [5.41, 5.74) is 2.20. The minimum atomic E-state index is -0.558. The second kappa shape index (κ2) is 11.2. The van der Waals surface area contributed by atoms with Gasteiger partial charge in [-0.2, -0.15) is 0 Å². The molecule has 1 N–H and O–H groups in total. The summed E-state index contributed by atoms with van der Waals surface area (Å²) in [7, 11) is 0. The monoisotopic (exact) mass is 454 g/mol. The quantitative estimate of drug-likeness (QED) is 0.486. The molecule has 0 spiro atoms. The summed E-state index contributed by atoms with van der Waals surface area (Å²) in [6.45, 7) is 5.77. The summed E-state index contributed by atoms with van der Waals surface area (Å²) in [6, 6.07) is 14.8. The van der Waals surface area contributed by atoms with Crippen molar-refractivity contribution in [1.82, 2.24) is 4.90 Å². The van der Waals surface area contributed by atoms with Gasteiger partial charge in [0.1, 0.15) is 0 Å². The van der Waals surface area contributed by atoms with Gasteiger partial charge in [-0.25, -0.2) is 4.79 Å². The van der Waals surface area contributed by atoms with Gasteiger partial charge in [-0.3, -0.25) is 9.59 Å². The molecule has 3 rings (SSSR count). The van der Waals surface area contributed by atoms with Crippen LogP contribution in [0.4, 0.5) is 5.69 Å². The van der Waals surface area contributed by atoms with Gasteiger partial charge in [-0.1, -0.05) is 29.8 Å². The highest BCUT2D eigenvalue weighted by atomic mass is 32.2. The number of ether oxygens (including phenoxy) is 1. The summed E-state index contributed by atoms with van der Waals surface area (Å²) in [5, 5.41) is 2.85. The van der Waals surface area contributed by atoms with Crippen molar-refractivity contribution in [3.8, 4) is 0 Å². The van der Waals surface area contributed by atoms with Gasteiger partial charge in [0.15, 0.2) is 6.61 Å². The summed E-state index contributed by atoms with van der Waals surface area (Å²) in [5.74, 6) is -0.733. The molecule has 0 saturated carbocycles. The molecule has 1 aliphatic rings. The predicted molar refractivity (Wildman–Crippen MR) is 127 cm³/mol. The molecule has 1 heterocycles. The Hall–Kier alpha value is -2.80. The third kappa shape index (κ3) is 6.36. The van der Waals surface area contributed by atoms with E-state index in [-0.39, 0.29) is 36.3 Å². The molecule has 2 aromatic carbocycles. The van der Waals surface area contributed by atoms with Crippen LogP contribution in [0, 0.1) is 6.92 Å². The van der Waals surface area contributed by atoms with E-state index in [1.165, 1.54) is 11.8 Å². The minimum absolute atomic E-state index is 0.153. The van der Waals surface area contributed by atoms with Crippen molar-refractivity contribution in [2.24, 2.45) is 0 Å². The molecule has 1 aliphatic heterocycles. The number of hydrogen-bond donors (Lipinski definition) is 1. The number of aryl methyl sites for hydroxylation is 1. The number of hydrogen-bond acceptors (Lipinski definition) is 5. The fourth-order valence-corrected chi connectivity index (χ4v) is 4.77. The van der Waals surface area contributed by atoms with Gasteiger partial charge in [-0.15, -0.1) is 11.8 Å². The van der Waals surface area contributed by atoms with Crippen molar-refractivity contribution in [1.29, 1.82) is 0 Å². The molecule has 0 aromatic heterocycles. The molecule has 2 aromatic rings. The first-order valence-corrected chi connectivity index (χ1v) is 11.9. The van der Waals surface area contributed by atoms with Crippen LogP contribution < -0.4 is 5.32 Å². The number of piperidine rings is 1. The Bertz CT molecular complexity index is 951. The van der Waals surface area contributed by atoms with E-state index < -0.39 is 5.97 Å². The lowest BCUT2D eigenvalue weighted by Gasteiger charge is -2.38. The topological polar surface area (TPSA) is 75.7 Å². The van der Waals surface area contributed by atoms with Crippen LogP contribution in [0.25, 0.3) is 0 Å². The van der Waals surface area contributed by atoms with Gasteiger partial charge in [0.2, 0.25) is 5.91 Å². The van der Waals surface area contributed by atoms with Crippen LogP contribution >= 0.6 is 11.8 Å². The second-order valence-corrected chi connectivity index (χ2v) is 9.22. The third-order valence-electron chi connectivity index (χ3n) is 5.61. The number of nitrogens with one attached hydrogen (secondary N) is 1. The molecule has 0 aliphatic carbocycles. The van der Waals surface area contributed by atoms with E-state index in [1.54, 1.807) is 24.3 Å². The zero-order chi connectivity index (χ0) is 23.1. The van der Waals surface area contributed by atoms with Crippen molar-refractivity contribution in [2.45, 2.75) is 57.0 Å². The van der Waals surface area contributed by atoms with Crippen molar-refractivity contribution >= 4 is 35.2 Å². The second-order valence-electron chi connectivity index (χ2n) is 8.21. The number of carbonyl (C=O) groups excluding carboxylic acids is 3. The Labute approximate surface area is 193 Å². The maximum absolute atomic E-state index is 12.7. The van der Waals surface area contributed by atoms with Crippen LogP contribution in [-0.2, 0) is 14.3 Å². The number of carbonyl (C=O) groups is 3. The van der Waals surface area contributed by atoms with Gasteiger partial charge < -0.3 is 15.0 Å². The average Bonchev–Trinajstić information content (AvgIpc) is 2.77. The minimum Gasteiger partial charge on any atom is -0.452 e. The van der Waals surface area contributed by atoms with Crippen LogP contribution in [0.15, 0.2) is 53.4 Å². The molecular formula is C25H30N2O4S. The number of likely N-dealkylation sites (tertiary alicyclic amines) is 1. The van der Waals surface area contributed by atoms with Gasteiger partial charge in [0.05, 0.1) is 11.3 Å². The van der Waals surface area contributed by atoms with E-state index in [9.17, 15) is 14.4 Å². The molecule has 7 heteroatoms. The average molecular weight is 455 g/mol. The first-order chi connectivity index (χ1) is 15.3. The molecule has 1 saturated heterocycles. The van der Waals surface area contributed by atoms with Gasteiger partial charge in [0, 0.05) is 22.7 Å². The number of thioether (sulfide) groups is 1. The number of rotatable bonds is 7. The highest BCUT2D eigenvalue weighted by molar-refractivity contribution is 8.00. The normalized spacial score (nSPS) is 18.2. The Morgan fingerprint density at radius 3 is 2.38 bits per heavy atom. The summed E-state index contributed by atoms with van der Waals surface area (Å²) in [6.07, 6.45) is 3.04. The number of anilines is 1. The standard InChI is InChI=1S/C25H30N2O4S/c1-17-11-13-20(14-12-17)26-23(28)16-32-22-10-5-4-9-21(22)25(30)31-15-24(29)27-18(2)7-6-8-19(27)3/h4-5,9-14,18-19H,6-8,15-16H2,1-3H3,(H,26,28). The van der Waals surface area contributed by atoms with Crippen molar-refractivity contribution in [3.05, 3.63) is 59.7 Å². The van der Waals surface area contributed by atoms with Crippen molar-refractivity contribution < 1.29 is 19.1 Å². The van der Waals surface area contributed by atoms with Crippen LogP contribution in [0.3, 0.4) is 0 Å². The molecule has 0 bridgehead atoms. The Kier molecular flexibility index (Phi) is 8.33. The smallest absolute Gasteiger partial charge is 0.339 e. The molecule has 170 valence electrons. The lowest BCUT2D eigenvalue weighted by molar-refractivity contribution is -0.140. The molecule has 0 radical (unpaired) electrons. The first-order valence-electron chi connectivity index (χ1n) is 10.9. The zero-order valence-corrected chi connectivity index (χ0v) is 19.6. The van der Waals surface area contributed by atoms with Crippen molar-refractivity contribution in [2.75, 3.05) is 17.7 Å². The highest BCUT2D eigenvalue weighted by Gasteiger charge is 2.29. The molecular weight excluding hydrogens is 424 g/mol. The van der Waals surface area contributed by atoms with E-state index in [0.717, 1.165) is 30.5 Å². The molecule has 2 unspecified atom stereocenters. The van der Waals surface area contributed by atoms with Crippen LogP contribution in [0.1, 0.15) is 49.0 Å². The molecule has 2 atom stereocenters. The predicted octanol–water partition coefficient (Wildman–Crippen LogP) is 4.67. The van der Waals surface area contributed by atoms with Gasteiger partial charge >= 0.3 is 5.97 Å². The van der Waals surface area contributed by atoms with Gasteiger partial charge in [-0.05, 0) is 64.3 Å². The molecule has 2 amide bonds. The van der Waals surface area contributed by atoms with E-state index in [2.05, 4.69) is 5.32 Å². The fourth-order valence-electron chi connectivity index (χ4n) is 3.93. The molecule has 32 heavy (non-hydrogen) atoms. The van der Waals surface area contributed by atoms with E-state index >= 15 is 0 Å². The highest BCUT2D eigenvalue weighted by Crippen LogP contribution is 2.25. The Morgan fingerprint density at radius 1 is 1.03 bits per heavy atom. The van der Waals surface area contributed by atoms with E-state index in [4.69, 9.17) is 4.74 Å². The molecule has 6 nitrogen and oxygen atoms in total. The van der Waals surface area contributed by atoms with E-state index in [0.29, 0.717) is 10.5 Å². The summed E-state index contributed by atoms with van der Waals surface area (Å²) in [4.78, 5) is 40.1. The SMILES string of the molecule is Cc1ccc(NC(=O)CSc2ccccc2C(=O)OCC(=O)N2C(C)CCCC2C)cc1. The Morgan fingerprint density at radius 2 is 1.69 bits per heavy atom. The number of esters is 1. The zero-order valence-electron chi connectivity index (χ0n) is 18.8. The fraction of sp³-hybridized carbons (Fsp3) is 0.400. The van der Waals surface area contributed by atoms with Gasteiger partial charge in [0.25, 0.3) is 5.91 Å². The lowest BCUT2D eigenvalue weighted by Crippen LogP contribution is -2.49. The maximum Gasteiger partial charge on any atom is 0.339 e. The summed E-state index contributed by atoms with van der Waals surface area (Å²) >= 11 is 1.26. The summed E-state index contributed by atoms with van der Waals surface area (Å²) < 4.78 is 5.35. The van der Waals surface area contributed by atoms with E-state index in [1.807, 2.05) is 49.9 Å². The van der Waals surface area contributed by atoms with Crippen LogP contribution in [0.5, 0.6) is 0 Å². The lowest BCUT2D eigenvalue weighted by atomic mass is 9.97. The van der Waals surface area contributed by atoms with Crippen LogP contribution in [-0.4, -0.2) is 47.1 Å². The van der Waals surface area contributed by atoms with Crippen molar-refractivity contribution in [3.63, 3.8) is 0 Å². The first kappa shape index (κ1) is 23.9. The maximum atomic E-state index is 12.7. The molecule has 1 fully saturated rings. The van der Waals surface area contributed by atoms with Crippen LogP contribution in [0.2, 0.25) is 0 Å². The Balaban J connectivity index is 1.55.